The molecule has 4 rings (SSSR count). The maximum Gasteiger partial charge on any atom is 0.224 e. The quantitative estimate of drug-likeness (QED) is 0.724. The van der Waals surface area contributed by atoms with E-state index in [0.29, 0.717) is 36.5 Å². The van der Waals surface area contributed by atoms with Crippen molar-refractivity contribution in [3.05, 3.63) is 24.3 Å². The molecule has 1 amide bonds. The third-order valence-electron chi connectivity index (χ3n) is 5.00. The van der Waals surface area contributed by atoms with Gasteiger partial charge in [-0.25, -0.2) is 24.6 Å². The van der Waals surface area contributed by atoms with Gasteiger partial charge in [-0.3, -0.25) is 4.79 Å². The van der Waals surface area contributed by atoms with Gasteiger partial charge in [0.2, 0.25) is 5.91 Å². The van der Waals surface area contributed by atoms with Crippen LogP contribution in [0.2, 0.25) is 0 Å². The smallest absolute Gasteiger partial charge is 0.224 e. The van der Waals surface area contributed by atoms with E-state index in [2.05, 4.69) is 25.0 Å². The second kappa shape index (κ2) is 6.93. The molecule has 0 spiro atoms. The first-order valence-corrected chi connectivity index (χ1v) is 9.11. The Balaban J connectivity index is 1.42. The number of carbonyl (C=O) groups is 1. The van der Waals surface area contributed by atoms with E-state index >= 15 is 0 Å². The predicted octanol–water partition coefficient (Wildman–Crippen LogP) is 0.871. The van der Waals surface area contributed by atoms with Crippen LogP contribution in [0.25, 0.3) is 11.2 Å². The summed E-state index contributed by atoms with van der Waals surface area (Å²) in [7, 11) is 0. The number of rotatable bonds is 4. The summed E-state index contributed by atoms with van der Waals surface area (Å²) in [4.78, 5) is 31.5. The zero-order valence-corrected chi connectivity index (χ0v) is 15.5. The number of aryl methyl sites for hydroxylation is 3. The standard InChI is InChI=1S/C17H23N9O/c1-11-22-12(2)26(23-11)13-4-3-6-24(8-13)14(27)5-7-25-10-21-15-16(18)19-9-20-17(15)25/h9-10,13H,3-8H2,1-2H3,(H2,18,19,20). The van der Waals surface area contributed by atoms with E-state index in [1.807, 2.05) is 28.0 Å². The number of aromatic nitrogens is 7. The highest BCUT2D eigenvalue weighted by Crippen LogP contribution is 2.23. The molecule has 27 heavy (non-hydrogen) atoms. The molecular formula is C17H23N9O. The highest BCUT2D eigenvalue weighted by molar-refractivity contribution is 5.81. The number of nitrogens with two attached hydrogens (primary N) is 1. The molecule has 3 aromatic heterocycles. The number of fused-ring (bicyclic) bond motifs is 1. The second-order valence-electron chi connectivity index (χ2n) is 6.91. The van der Waals surface area contributed by atoms with Crippen molar-refractivity contribution in [2.24, 2.45) is 0 Å². The van der Waals surface area contributed by atoms with Gasteiger partial charge >= 0.3 is 0 Å². The van der Waals surface area contributed by atoms with Gasteiger partial charge in [-0.2, -0.15) is 5.10 Å². The van der Waals surface area contributed by atoms with Gasteiger partial charge in [0.05, 0.1) is 12.4 Å². The Morgan fingerprint density at radius 3 is 2.93 bits per heavy atom. The highest BCUT2D eigenvalue weighted by Gasteiger charge is 2.26. The minimum absolute atomic E-state index is 0.123. The van der Waals surface area contributed by atoms with Crippen LogP contribution in [0.4, 0.5) is 5.82 Å². The summed E-state index contributed by atoms with van der Waals surface area (Å²) >= 11 is 0. The lowest BCUT2D eigenvalue weighted by atomic mass is 10.1. The molecule has 0 aliphatic carbocycles. The molecule has 4 heterocycles. The van der Waals surface area contributed by atoms with Crippen molar-refractivity contribution in [2.45, 2.75) is 45.7 Å². The Morgan fingerprint density at radius 2 is 2.15 bits per heavy atom. The molecule has 0 bridgehead atoms. The van der Waals surface area contributed by atoms with E-state index < -0.39 is 0 Å². The summed E-state index contributed by atoms with van der Waals surface area (Å²) in [6.07, 6.45) is 5.43. The van der Waals surface area contributed by atoms with E-state index in [9.17, 15) is 4.79 Å². The summed E-state index contributed by atoms with van der Waals surface area (Å²) in [5.74, 6) is 2.14. The Kier molecular flexibility index (Phi) is 4.46. The van der Waals surface area contributed by atoms with Crippen LogP contribution in [0.1, 0.15) is 37.0 Å². The van der Waals surface area contributed by atoms with Gasteiger partial charge in [0.15, 0.2) is 11.5 Å². The van der Waals surface area contributed by atoms with Crippen LogP contribution in [0, 0.1) is 13.8 Å². The summed E-state index contributed by atoms with van der Waals surface area (Å²) in [5, 5.41) is 4.49. The number of nitrogens with zero attached hydrogens (tertiary/aromatic N) is 8. The Hall–Kier alpha value is -3.04. The van der Waals surface area contributed by atoms with Crippen LogP contribution in [-0.4, -0.2) is 58.2 Å². The number of likely N-dealkylation sites (tertiary alicyclic amines) is 1. The largest absolute Gasteiger partial charge is 0.382 e. The first-order valence-electron chi connectivity index (χ1n) is 9.11. The molecule has 1 unspecified atom stereocenters. The second-order valence-corrected chi connectivity index (χ2v) is 6.91. The predicted molar refractivity (Wildman–Crippen MR) is 98.7 cm³/mol. The van der Waals surface area contributed by atoms with E-state index in [4.69, 9.17) is 5.73 Å². The molecule has 1 atom stereocenters. The average molecular weight is 369 g/mol. The number of anilines is 1. The lowest BCUT2D eigenvalue weighted by molar-refractivity contribution is -0.133. The summed E-state index contributed by atoms with van der Waals surface area (Å²) < 4.78 is 3.80. The Labute approximate surface area is 156 Å². The van der Waals surface area contributed by atoms with Crippen molar-refractivity contribution in [3.8, 4) is 0 Å². The van der Waals surface area contributed by atoms with Crippen molar-refractivity contribution in [2.75, 3.05) is 18.8 Å². The minimum Gasteiger partial charge on any atom is -0.382 e. The number of hydrogen-bond donors (Lipinski definition) is 1. The van der Waals surface area contributed by atoms with Crippen molar-refractivity contribution < 1.29 is 4.79 Å². The molecule has 1 aliphatic rings. The topological polar surface area (TPSA) is 121 Å². The highest BCUT2D eigenvalue weighted by atomic mass is 16.2. The number of imidazole rings is 1. The van der Waals surface area contributed by atoms with Gasteiger partial charge < -0.3 is 15.2 Å². The van der Waals surface area contributed by atoms with E-state index in [1.165, 1.54) is 6.33 Å². The van der Waals surface area contributed by atoms with Gasteiger partial charge in [-0.1, -0.05) is 0 Å². The monoisotopic (exact) mass is 369 g/mol. The summed E-state index contributed by atoms with van der Waals surface area (Å²) in [5.41, 5.74) is 7.03. The van der Waals surface area contributed by atoms with E-state index in [-0.39, 0.29) is 11.9 Å². The van der Waals surface area contributed by atoms with Crippen LogP contribution >= 0.6 is 0 Å². The number of hydrogen-bond acceptors (Lipinski definition) is 7. The molecule has 1 aliphatic heterocycles. The lowest BCUT2D eigenvalue weighted by Gasteiger charge is -2.33. The maximum absolute atomic E-state index is 12.8. The zero-order chi connectivity index (χ0) is 19.0. The maximum atomic E-state index is 12.8. The molecule has 10 nitrogen and oxygen atoms in total. The molecule has 3 aromatic rings. The van der Waals surface area contributed by atoms with Crippen molar-refractivity contribution in [1.29, 1.82) is 0 Å². The molecule has 0 aromatic carbocycles. The van der Waals surface area contributed by atoms with Crippen molar-refractivity contribution in [3.63, 3.8) is 0 Å². The van der Waals surface area contributed by atoms with Crippen LogP contribution in [-0.2, 0) is 11.3 Å². The fraction of sp³-hybridized carbons (Fsp3) is 0.529. The van der Waals surface area contributed by atoms with Gasteiger partial charge in [0, 0.05) is 26.1 Å². The first kappa shape index (κ1) is 17.4. The van der Waals surface area contributed by atoms with Crippen LogP contribution in [0.5, 0.6) is 0 Å². The SMILES string of the molecule is Cc1nc(C)n(C2CCCN(C(=O)CCn3cnc4c(N)ncnc43)C2)n1. The molecule has 1 saturated heterocycles. The molecule has 0 saturated carbocycles. The molecule has 142 valence electrons. The van der Waals surface area contributed by atoms with E-state index in [1.54, 1.807) is 6.33 Å². The summed E-state index contributed by atoms with van der Waals surface area (Å²) in [6.45, 7) is 5.80. The third-order valence-corrected chi connectivity index (χ3v) is 5.00. The molecule has 1 fully saturated rings. The zero-order valence-electron chi connectivity index (χ0n) is 15.5. The lowest BCUT2D eigenvalue weighted by Crippen LogP contribution is -2.41. The minimum atomic E-state index is 0.123. The molecule has 2 N–H and O–H groups in total. The van der Waals surface area contributed by atoms with Gasteiger partial charge in [0.25, 0.3) is 0 Å². The van der Waals surface area contributed by atoms with Crippen LogP contribution < -0.4 is 5.73 Å². The van der Waals surface area contributed by atoms with Gasteiger partial charge in [-0.05, 0) is 26.7 Å². The molecule has 10 heteroatoms. The van der Waals surface area contributed by atoms with Crippen molar-refractivity contribution >= 4 is 22.9 Å². The molecular weight excluding hydrogens is 346 g/mol. The summed E-state index contributed by atoms with van der Waals surface area (Å²) in [6, 6.07) is 0.186. The normalized spacial score (nSPS) is 17.6. The number of nitrogen functional groups attached to an aromatic ring is 1. The van der Waals surface area contributed by atoms with Gasteiger partial charge in [-0.15, -0.1) is 0 Å². The molecule has 0 radical (unpaired) electrons. The number of carbonyl (C=O) groups excluding carboxylic acids is 1. The van der Waals surface area contributed by atoms with Crippen LogP contribution in [0.15, 0.2) is 12.7 Å². The Bertz CT molecular complexity index is 976. The van der Waals surface area contributed by atoms with Gasteiger partial charge in [0.1, 0.15) is 23.5 Å². The fourth-order valence-corrected chi connectivity index (χ4v) is 3.70. The fourth-order valence-electron chi connectivity index (χ4n) is 3.70. The number of amides is 1. The average Bonchev–Trinajstić information content (AvgIpc) is 3.23. The first-order chi connectivity index (χ1) is 13.0. The van der Waals surface area contributed by atoms with Crippen LogP contribution in [0.3, 0.4) is 0 Å². The van der Waals surface area contributed by atoms with E-state index in [0.717, 1.165) is 31.0 Å². The van der Waals surface area contributed by atoms with Crippen molar-refractivity contribution in [1.82, 2.24) is 39.2 Å². The third kappa shape index (κ3) is 3.34. The number of piperidine rings is 1. The Morgan fingerprint density at radius 1 is 1.30 bits per heavy atom.